The van der Waals surface area contributed by atoms with Gasteiger partial charge in [-0.3, -0.25) is 4.79 Å². The van der Waals surface area contributed by atoms with Gasteiger partial charge in [0.05, 0.1) is 6.04 Å². The van der Waals surface area contributed by atoms with Crippen molar-refractivity contribution in [3.8, 4) is 0 Å². The third-order valence-electron chi connectivity index (χ3n) is 1.70. The van der Waals surface area contributed by atoms with Gasteiger partial charge < -0.3 is 16.8 Å². The van der Waals surface area contributed by atoms with Crippen molar-refractivity contribution >= 4 is 5.91 Å². The maximum absolute atomic E-state index is 11.2. The molecule has 0 aromatic carbocycles. The van der Waals surface area contributed by atoms with Crippen molar-refractivity contribution in [2.24, 2.45) is 17.4 Å². The molecule has 1 atom stereocenters. The number of nitrogens with one attached hydrogen (secondary N) is 1. The van der Waals surface area contributed by atoms with Gasteiger partial charge in [0.1, 0.15) is 0 Å². The first kappa shape index (κ1) is 11.4. The highest BCUT2D eigenvalue weighted by Gasteiger charge is 2.15. The van der Waals surface area contributed by atoms with Gasteiger partial charge >= 0.3 is 0 Å². The Bertz CT molecular complexity index is 136. The van der Waals surface area contributed by atoms with Crippen LogP contribution in [0.3, 0.4) is 0 Å². The Kier molecular flexibility index (Phi) is 5.66. The zero-order valence-electron chi connectivity index (χ0n) is 7.84. The average molecular weight is 173 g/mol. The zero-order valence-corrected chi connectivity index (χ0v) is 7.84. The monoisotopic (exact) mass is 173 g/mol. The summed E-state index contributed by atoms with van der Waals surface area (Å²) in [6.07, 6.45) is 0.802. The Hall–Kier alpha value is -0.610. The van der Waals surface area contributed by atoms with Gasteiger partial charge in [-0.1, -0.05) is 13.8 Å². The van der Waals surface area contributed by atoms with Crippen molar-refractivity contribution in [1.29, 1.82) is 0 Å². The summed E-state index contributed by atoms with van der Waals surface area (Å²) in [6.45, 7) is 5.06. The highest BCUT2D eigenvalue weighted by molar-refractivity contribution is 5.81. The van der Waals surface area contributed by atoms with E-state index in [0.29, 0.717) is 13.1 Å². The molecule has 0 aliphatic heterocycles. The molecule has 5 N–H and O–H groups in total. The van der Waals surface area contributed by atoms with E-state index in [9.17, 15) is 4.79 Å². The van der Waals surface area contributed by atoms with Gasteiger partial charge in [0.25, 0.3) is 0 Å². The first-order chi connectivity index (χ1) is 5.59. The average Bonchev–Trinajstić information content (AvgIpc) is 2.03. The van der Waals surface area contributed by atoms with Crippen LogP contribution in [-0.2, 0) is 4.79 Å². The summed E-state index contributed by atoms with van der Waals surface area (Å²) in [6, 6.07) is -0.400. The molecule has 0 saturated heterocycles. The first-order valence-electron chi connectivity index (χ1n) is 4.33. The van der Waals surface area contributed by atoms with Crippen LogP contribution in [0.25, 0.3) is 0 Å². The van der Waals surface area contributed by atoms with Crippen LogP contribution in [0.1, 0.15) is 20.3 Å². The molecule has 1 amide bonds. The minimum atomic E-state index is -0.400. The number of carbonyl (C=O) groups excluding carboxylic acids is 1. The van der Waals surface area contributed by atoms with Gasteiger partial charge in [-0.15, -0.1) is 0 Å². The van der Waals surface area contributed by atoms with Crippen LogP contribution in [0.15, 0.2) is 0 Å². The minimum Gasteiger partial charge on any atom is -0.355 e. The largest absolute Gasteiger partial charge is 0.355 e. The van der Waals surface area contributed by atoms with Gasteiger partial charge in [0.15, 0.2) is 0 Å². The number of carbonyl (C=O) groups is 1. The van der Waals surface area contributed by atoms with E-state index < -0.39 is 6.04 Å². The van der Waals surface area contributed by atoms with E-state index in [1.54, 1.807) is 0 Å². The summed E-state index contributed by atoms with van der Waals surface area (Å²) in [5.41, 5.74) is 10.9. The van der Waals surface area contributed by atoms with Gasteiger partial charge in [0.2, 0.25) is 5.91 Å². The van der Waals surface area contributed by atoms with Crippen LogP contribution < -0.4 is 16.8 Å². The van der Waals surface area contributed by atoms with E-state index >= 15 is 0 Å². The summed E-state index contributed by atoms with van der Waals surface area (Å²) < 4.78 is 0. The second kappa shape index (κ2) is 5.97. The summed E-state index contributed by atoms with van der Waals surface area (Å²) in [4.78, 5) is 11.2. The standard InChI is InChI=1S/C8H19N3O/c1-6(2)7(10)8(12)11-5-3-4-9/h6-7H,3-5,9-10H2,1-2H3,(H,11,12). The van der Waals surface area contributed by atoms with E-state index in [2.05, 4.69) is 5.32 Å². The topological polar surface area (TPSA) is 81.1 Å². The van der Waals surface area contributed by atoms with Crippen LogP contribution in [-0.4, -0.2) is 25.0 Å². The Morgan fingerprint density at radius 2 is 2.08 bits per heavy atom. The molecule has 4 nitrogen and oxygen atoms in total. The SMILES string of the molecule is CC(C)C(N)C(=O)NCCCN. The molecule has 0 radical (unpaired) electrons. The molecule has 0 heterocycles. The third kappa shape index (κ3) is 4.31. The molecule has 0 aromatic rings. The van der Waals surface area contributed by atoms with Crippen molar-refractivity contribution < 1.29 is 4.79 Å². The maximum Gasteiger partial charge on any atom is 0.237 e. The van der Waals surface area contributed by atoms with Crippen molar-refractivity contribution in [3.05, 3.63) is 0 Å². The molecule has 0 saturated carbocycles. The zero-order chi connectivity index (χ0) is 9.56. The van der Waals surface area contributed by atoms with Crippen molar-refractivity contribution in [2.45, 2.75) is 26.3 Å². The fourth-order valence-electron chi connectivity index (χ4n) is 0.734. The molecule has 0 aromatic heterocycles. The van der Waals surface area contributed by atoms with E-state index in [4.69, 9.17) is 11.5 Å². The highest BCUT2D eigenvalue weighted by atomic mass is 16.2. The molecule has 12 heavy (non-hydrogen) atoms. The van der Waals surface area contributed by atoms with Crippen LogP contribution >= 0.6 is 0 Å². The van der Waals surface area contributed by atoms with E-state index in [0.717, 1.165) is 6.42 Å². The second-order valence-electron chi connectivity index (χ2n) is 3.20. The molecule has 72 valence electrons. The van der Waals surface area contributed by atoms with Crippen LogP contribution in [0.4, 0.5) is 0 Å². The molecule has 0 rings (SSSR count). The number of rotatable bonds is 5. The van der Waals surface area contributed by atoms with Crippen LogP contribution in [0, 0.1) is 5.92 Å². The van der Waals surface area contributed by atoms with Crippen LogP contribution in [0.2, 0.25) is 0 Å². The number of hydrogen-bond donors (Lipinski definition) is 3. The predicted octanol–water partition coefficient (Wildman–Crippen LogP) is -0.565. The molecule has 0 fully saturated rings. The molecular weight excluding hydrogens is 154 g/mol. The van der Waals surface area contributed by atoms with Gasteiger partial charge in [0, 0.05) is 6.54 Å². The predicted molar refractivity (Wildman–Crippen MR) is 49.5 cm³/mol. The molecule has 0 aliphatic rings. The van der Waals surface area contributed by atoms with Crippen molar-refractivity contribution in [3.63, 3.8) is 0 Å². The van der Waals surface area contributed by atoms with Crippen LogP contribution in [0.5, 0.6) is 0 Å². The Balaban J connectivity index is 3.57. The lowest BCUT2D eigenvalue weighted by molar-refractivity contribution is -0.123. The van der Waals surface area contributed by atoms with E-state index in [1.807, 2.05) is 13.8 Å². The lowest BCUT2D eigenvalue weighted by Crippen LogP contribution is -2.44. The van der Waals surface area contributed by atoms with Gasteiger partial charge in [-0.05, 0) is 18.9 Å². The van der Waals surface area contributed by atoms with Gasteiger partial charge in [-0.25, -0.2) is 0 Å². The lowest BCUT2D eigenvalue weighted by atomic mass is 10.1. The third-order valence-corrected chi connectivity index (χ3v) is 1.70. The smallest absolute Gasteiger partial charge is 0.237 e. The second-order valence-corrected chi connectivity index (χ2v) is 3.20. The van der Waals surface area contributed by atoms with E-state index in [1.165, 1.54) is 0 Å². The van der Waals surface area contributed by atoms with Gasteiger partial charge in [-0.2, -0.15) is 0 Å². The lowest BCUT2D eigenvalue weighted by Gasteiger charge is -2.14. The molecule has 0 aliphatic carbocycles. The summed E-state index contributed by atoms with van der Waals surface area (Å²) in [5, 5.41) is 2.72. The summed E-state index contributed by atoms with van der Waals surface area (Å²) in [7, 11) is 0. The normalized spacial score (nSPS) is 13.1. The maximum atomic E-state index is 11.2. The fraction of sp³-hybridized carbons (Fsp3) is 0.875. The number of amides is 1. The summed E-state index contributed by atoms with van der Waals surface area (Å²) in [5.74, 6) is 0.0985. The minimum absolute atomic E-state index is 0.0848. The first-order valence-corrected chi connectivity index (χ1v) is 4.33. The van der Waals surface area contributed by atoms with E-state index in [-0.39, 0.29) is 11.8 Å². The Labute approximate surface area is 73.7 Å². The summed E-state index contributed by atoms with van der Waals surface area (Å²) >= 11 is 0. The number of hydrogen-bond acceptors (Lipinski definition) is 3. The quantitative estimate of drug-likeness (QED) is 0.487. The number of nitrogens with two attached hydrogens (primary N) is 2. The molecule has 0 spiro atoms. The van der Waals surface area contributed by atoms with Crippen molar-refractivity contribution in [1.82, 2.24) is 5.32 Å². The molecule has 4 heteroatoms. The fourth-order valence-corrected chi connectivity index (χ4v) is 0.734. The Morgan fingerprint density at radius 1 is 1.50 bits per heavy atom. The highest BCUT2D eigenvalue weighted by Crippen LogP contribution is 1.97. The Morgan fingerprint density at radius 3 is 2.50 bits per heavy atom. The molecule has 1 unspecified atom stereocenters. The molecular formula is C8H19N3O. The van der Waals surface area contributed by atoms with Crippen molar-refractivity contribution in [2.75, 3.05) is 13.1 Å². The molecule has 0 bridgehead atoms.